The van der Waals surface area contributed by atoms with Gasteiger partial charge in [-0.15, -0.1) is 23.7 Å². The van der Waals surface area contributed by atoms with Gasteiger partial charge in [0.15, 0.2) is 0 Å². The molecule has 0 radical (unpaired) electrons. The highest BCUT2D eigenvalue weighted by molar-refractivity contribution is 7.14. The minimum atomic E-state index is -0.441. The Labute approximate surface area is 121 Å². The van der Waals surface area contributed by atoms with Crippen molar-refractivity contribution in [3.63, 3.8) is 0 Å². The summed E-state index contributed by atoms with van der Waals surface area (Å²) in [6, 6.07) is 1.50. The number of thiophene rings is 1. The first-order valence-electron chi connectivity index (χ1n) is 5.77. The fraction of sp³-hybridized carbons (Fsp3) is 0.545. The van der Waals surface area contributed by atoms with E-state index in [1.807, 2.05) is 6.92 Å². The van der Waals surface area contributed by atoms with Crippen molar-refractivity contribution >= 4 is 35.3 Å². The highest BCUT2D eigenvalue weighted by Crippen LogP contribution is 2.29. The molecule has 1 amide bonds. The van der Waals surface area contributed by atoms with Crippen LogP contribution in [-0.2, 0) is 0 Å². The SMILES string of the molecule is Cc1sc(C(=O)N2CCNC[C@@H]2C)cc1[N+](=O)[O-].Cl. The fourth-order valence-electron chi connectivity index (χ4n) is 2.04. The number of hydrogen-bond donors (Lipinski definition) is 1. The van der Waals surface area contributed by atoms with Crippen molar-refractivity contribution in [2.45, 2.75) is 19.9 Å². The lowest BCUT2D eigenvalue weighted by Gasteiger charge is -2.33. The molecule has 1 aromatic heterocycles. The van der Waals surface area contributed by atoms with Crippen LogP contribution in [0.5, 0.6) is 0 Å². The average Bonchev–Trinajstić information content (AvgIpc) is 2.71. The van der Waals surface area contributed by atoms with Gasteiger partial charge in [0.05, 0.1) is 14.7 Å². The van der Waals surface area contributed by atoms with Crippen molar-refractivity contribution in [3.8, 4) is 0 Å². The molecule has 1 N–H and O–H groups in total. The molecule has 2 rings (SSSR count). The highest BCUT2D eigenvalue weighted by Gasteiger charge is 2.27. The van der Waals surface area contributed by atoms with Crippen molar-refractivity contribution in [2.24, 2.45) is 0 Å². The largest absolute Gasteiger partial charge is 0.333 e. The second-order valence-corrected chi connectivity index (χ2v) is 5.62. The molecular formula is C11H16ClN3O3S. The van der Waals surface area contributed by atoms with Gasteiger partial charge in [0.2, 0.25) is 0 Å². The van der Waals surface area contributed by atoms with Crippen LogP contribution in [-0.4, -0.2) is 41.4 Å². The molecule has 1 aromatic rings. The van der Waals surface area contributed by atoms with E-state index in [2.05, 4.69) is 5.32 Å². The summed E-state index contributed by atoms with van der Waals surface area (Å²) in [5.41, 5.74) is 0.0335. The Hall–Kier alpha value is -1.18. The Balaban J connectivity index is 0.00000180. The number of nitrogens with zero attached hydrogens (tertiary/aromatic N) is 2. The number of rotatable bonds is 2. The Morgan fingerprint density at radius 3 is 2.84 bits per heavy atom. The molecule has 1 aliphatic heterocycles. The molecule has 6 nitrogen and oxygen atoms in total. The van der Waals surface area contributed by atoms with Gasteiger partial charge in [0.25, 0.3) is 11.6 Å². The summed E-state index contributed by atoms with van der Waals surface area (Å²) in [7, 11) is 0. The summed E-state index contributed by atoms with van der Waals surface area (Å²) in [5, 5.41) is 14.0. The molecule has 0 aromatic carbocycles. The van der Waals surface area contributed by atoms with E-state index in [-0.39, 0.29) is 30.0 Å². The van der Waals surface area contributed by atoms with Crippen LogP contribution in [0.3, 0.4) is 0 Å². The van der Waals surface area contributed by atoms with Crippen LogP contribution in [0.15, 0.2) is 6.07 Å². The maximum atomic E-state index is 12.3. The first-order valence-corrected chi connectivity index (χ1v) is 6.59. The maximum absolute atomic E-state index is 12.3. The molecule has 0 saturated carbocycles. The molecule has 106 valence electrons. The zero-order valence-corrected chi connectivity index (χ0v) is 12.3. The van der Waals surface area contributed by atoms with Crippen molar-refractivity contribution in [3.05, 3.63) is 25.9 Å². The van der Waals surface area contributed by atoms with Gasteiger partial charge in [0, 0.05) is 31.7 Å². The molecule has 1 fully saturated rings. The van der Waals surface area contributed by atoms with Gasteiger partial charge >= 0.3 is 0 Å². The molecule has 1 aliphatic rings. The van der Waals surface area contributed by atoms with Crippen LogP contribution < -0.4 is 5.32 Å². The van der Waals surface area contributed by atoms with Gasteiger partial charge in [-0.05, 0) is 13.8 Å². The third kappa shape index (κ3) is 3.23. The monoisotopic (exact) mass is 305 g/mol. The molecule has 2 heterocycles. The predicted molar refractivity (Wildman–Crippen MR) is 76.3 cm³/mol. The summed E-state index contributed by atoms with van der Waals surface area (Å²) in [4.78, 5) is 25.4. The van der Waals surface area contributed by atoms with Gasteiger partial charge in [-0.3, -0.25) is 14.9 Å². The van der Waals surface area contributed by atoms with Gasteiger partial charge in [-0.2, -0.15) is 0 Å². The van der Waals surface area contributed by atoms with Crippen LogP contribution in [0, 0.1) is 17.0 Å². The summed E-state index contributed by atoms with van der Waals surface area (Å²) < 4.78 is 0. The minimum absolute atomic E-state index is 0. The first-order chi connectivity index (χ1) is 8.50. The predicted octanol–water partition coefficient (Wildman–Crippen LogP) is 1.82. The number of piperazine rings is 1. The van der Waals surface area contributed by atoms with Crippen molar-refractivity contribution in [1.29, 1.82) is 0 Å². The van der Waals surface area contributed by atoms with Gasteiger partial charge in [-0.1, -0.05) is 0 Å². The number of carbonyl (C=O) groups is 1. The molecule has 0 aliphatic carbocycles. The van der Waals surface area contributed by atoms with E-state index in [1.165, 1.54) is 17.4 Å². The van der Waals surface area contributed by atoms with Gasteiger partial charge in [-0.25, -0.2) is 0 Å². The van der Waals surface area contributed by atoms with Crippen molar-refractivity contribution in [1.82, 2.24) is 10.2 Å². The van der Waals surface area contributed by atoms with Crippen molar-refractivity contribution < 1.29 is 9.72 Å². The molecule has 1 atom stereocenters. The Kier molecular flexibility index (Phi) is 5.28. The summed E-state index contributed by atoms with van der Waals surface area (Å²) in [6.07, 6.45) is 0. The molecule has 19 heavy (non-hydrogen) atoms. The van der Waals surface area contributed by atoms with E-state index in [0.29, 0.717) is 16.3 Å². The minimum Gasteiger partial charge on any atom is -0.333 e. The van der Waals surface area contributed by atoms with Crippen LogP contribution in [0.4, 0.5) is 5.69 Å². The molecule has 0 unspecified atom stereocenters. The number of halogens is 1. The lowest BCUT2D eigenvalue weighted by atomic mass is 10.2. The third-order valence-electron chi connectivity index (χ3n) is 3.06. The quantitative estimate of drug-likeness (QED) is 0.668. The zero-order valence-electron chi connectivity index (χ0n) is 10.7. The Bertz CT molecular complexity index is 492. The second-order valence-electron chi connectivity index (χ2n) is 4.36. The molecular weight excluding hydrogens is 290 g/mol. The lowest BCUT2D eigenvalue weighted by molar-refractivity contribution is -0.385. The van der Waals surface area contributed by atoms with E-state index in [1.54, 1.807) is 11.8 Å². The number of carbonyl (C=O) groups excluding carboxylic acids is 1. The fourth-order valence-corrected chi connectivity index (χ4v) is 2.99. The lowest BCUT2D eigenvalue weighted by Crippen LogP contribution is -2.52. The average molecular weight is 306 g/mol. The summed E-state index contributed by atoms with van der Waals surface area (Å²) >= 11 is 1.19. The molecule has 1 saturated heterocycles. The third-order valence-corrected chi connectivity index (χ3v) is 4.09. The van der Waals surface area contributed by atoms with Crippen LogP contribution >= 0.6 is 23.7 Å². The Morgan fingerprint density at radius 2 is 2.32 bits per heavy atom. The highest BCUT2D eigenvalue weighted by atomic mass is 35.5. The molecule has 0 bridgehead atoms. The van der Waals surface area contributed by atoms with Crippen LogP contribution in [0.25, 0.3) is 0 Å². The number of hydrogen-bond acceptors (Lipinski definition) is 5. The maximum Gasteiger partial charge on any atom is 0.283 e. The summed E-state index contributed by atoms with van der Waals surface area (Å²) in [5.74, 6) is -0.106. The second kappa shape index (κ2) is 6.31. The normalized spacial score (nSPS) is 18.8. The number of nitrogens with one attached hydrogen (secondary N) is 1. The van der Waals surface area contributed by atoms with Gasteiger partial charge < -0.3 is 10.2 Å². The van der Waals surface area contributed by atoms with Gasteiger partial charge in [0.1, 0.15) is 0 Å². The van der Waals surface area contributed by atoms with E-state index < -0.39 is 4.92 Å². The summed E-state index contributed by atoms with van der Waals surface area (Å²) in [6.45, 7) is 5.81. The number of aryl methyl sites for hydroxylation is 1. The smallest absolute Gasteiger partial charge is 0.283 e. The number of amides is 1. The van der Waals surface area contributed by atoms with Crippen LogP contribution in [0.1, 0.15) is 21.5 Å². The first kappa shape index (κ1) is 15.9. The van der Waals surface area contributed by atoms with E-state index in [9.17, 15) is 14.9 Å². The standard InChI is InChI=1S/C11H15N3O3S.ClH/c1-7-6-12-3-4-13(7)11(15)10-5-9(14(16)17)8(2)18-10;/h5,7,12H,3-4,6H2,1-2H3;1H/t7-;/m0./s1. The zero-order chi connectivity index (χ0) is 13.3. The Morgan fingerprint density at radius 1 is 1.63 bits per heavy atom. The van der Waals surface area contributed by atoms with E-state index in [0.717, 1.165) is 13.1 Å². The topological polar surface area (TPSA) is 75.5 Å². The number of nitro groups is 1. The van der Waals surface area contributed by atoms with Crippen LogP contribution in [0.2, 0.25) is 0 Å². The van der Waals surface area contributed by atoms with Crippen molar-refractivity contribution in [2.75, 3.05) is 19.6 Å². The molecule has 8 heteroatoms. The van der Waals surface area contributed by atoms with E-state index >= 15 is 0 Å². The van der Waals surface area contributed by atoms with E-state index in [4.69, 9.17) is 0 Å². The molecule has 0 spiro atoms.